The Labute approximate surface area is 104 Å². The van der Waals surface area contributed by atoms with Gasteiger partial charge in [0.15, 0.2) is 12.1 Å². The highest BCUT2D eigenvalue weighted by molar-refractivity contribution is 5.89. The van der Waals surface area contributed by atoms with Crippen LogP contribution in [0.4, 0.5) is 0 Å². The van der Waals surface area contributed by atoms with Crippen LogP contribution in [-0.2, 0) is 19.0 Å². The Balaban J connectivity index is 0.000000318. The number of rotatable bonds is 6. The molecular weight excluding hydrogens is 220 g/mol. The van der Waals surface area contributed by atoms with Gasteiger partial charge in [-0.05, 0) is 25.8 Å². The summed E-state index contributed by atoms with van der Waals surface area (Å²) in [6.07, 6.45) is 3.87. The maximum Gasteiger partial charge on any atom is 0.157 e. The molecule has 1 heterocycles. The smallest absolute Gasteiger partial charge is 0.157 e. The van der Waals surface area contributed by atoms with E-state index in [9.17, 15) is 4.79 Å². The van der Waals surface area contributed by atoms with Crippen molar-refractivity contribution in [3.05, 3.63) is 12.7 Å². The van der Waals surface area contributed by atoms with Crippen LogP contribution in [0.2, 0.25) is 0 Å². The molecule has 1 fully saturated rings. The molecule has 0 aromatic rings. The first-order chi connectivity index (χ1) is 8.20. The van der Waals surface area contributed by atoms with Crippen LogP contribution in [0.3, 0.4) is 0 Å². The second-order valence-electron chi connectivity index (χ2n) is 3.70. The molecule has 0 aliphatic carbocycles. The summed E-state index contributed by atoms with van der Waals surface area (Å²) in [6, 6.07) is 0. The first-order valence-corrected chi connectivity index (χ1v) is 6.17. The SMILES string of the molecule is C=CC(=O)CCOCCC.CC1OCCCO1. The van der Waals surface area contributed by atoms with Crippen LogP contribution in [0.1, 0.15) is 33.1 Å². The lowest BCUT2D eigenvalue weighted by molar-refractivity contribution is -0.167. The van der Waals surface area contributed by atoms with Gasteiger partial charge in [-0.3, -0.25) is 4.79 Å². The van der Waals surface area contributed by atoms with Gasteiger partial charge in [-0.2, -0.15) is 0 Å². The molecular formula is C13H24O4. The number of hydrogen-bond donors (Lipinski definition) is 0. The normalized spacial score (nSPS) is 15.9. The first kappa shape index (κ1) is 16.3. The van der Waals surface area contributed by atoms with Crippen molar-refractivity contribution in [1.82, 2.24) is 0 Å². The molecule has 100 valence electrons. The summed E-state index contributed by atoms with van der Waals surface area (Å²) in [4.78, 5) is 10.6. The molecule has 0 spiro atoms. The second-order valence-corrected chi connectivity index (χ2v) is 3.70. The van der Waals surface area contributed by atoms with E-state index in [1.54, 1.807) is 0 Å². The summed E-state index contributed by atoms with van der Waals surface area (Å²) in [5.41, 5.74) is 0. The number of hydrogen-bond acceptors (Lipinski definition) is 4. The Bertz CT molecular complexity index is 198. The number of allylic oxidation sites excluding steroid dienone is 1. The van der Waals surface area contributed by atoms with Gasteiger partial charge < -0.3 is 14.2 Å². The summed E-state index contributed by atoms with van der Waals surface area (Å²) in [6.45, 7) is 10.3. The average molecular weight is 244 g/mol. The molecule has 17 heavy (non-hydrogen) atoms. The summed E-state index contributed by atoms with van der Waals surface area (Å²) in [5, 5.41) is 0. The van der Waals surface area contributed by atoms with E-state index in [0.717, 1.165) is 32.7 Å². The summed E-state index contributed by atoms with van der Waals surface area (Å²) in [7, 11) is 0. The van der Waals surface area contributed by atoms with Crippen LogP contribution in [0.5, 0.6) is 0 Å². The van der Waals surface area contributed by atoms with Gasteiger partial charge in [0.1, 0.15) is 0 Å². The fourth-order valence-electron chi connectivity index (χ4n) is 1.13. The van der Waals surface area contributed by atoms with Gasteiger partial charge in [0.05, 0.1) is 19.8 Å². The average Bonchev–Trinajstić information content (AvgIpc) is 2.36. The Kier molecular flexibility index (Phi) is 11.3. The molecule has 0 unspecified atom stereocenters. The van der Waals surface area contributed by atoms with Crippen LogP contribution in [0.25, 0.3) is 0 Å². The molecule has 1 saturated heterocycles. The summed E-state index contributed by atoms with van der Waals surface area (Å²) >= 11 is 0. The van der Waals surface area contributed by atoms with Crippen molar-refractivity contribution in [1.29, 1.82) is 0 Å². The summed E-state index contributed by atoms with van der Waals surface area (Å²) < 4.78 is 15.2. The van der Waals surface area contributed by atoms with Crippen molar-refractivity contribution in [3.8, 4) is 0 Å². The van der Waals surface area contributed by atoms with Gasteiger partial charge in [-0.1, -0.05) is 13.5 Å². The van der Waals surface area contributed by atoms with Crippen molar-refractivity contribution >= 4 is 5.78 Å². The molecule has 1 rings (SSSR count). The zero-order valence-corrected chi connectivity index (χ0v) is 10.9. The standard InChI is InChI=1S/C8H14O2.C5H10O2/c1-3-6-10-7-5-8(9)4-2;1-5-6-3-2-4-7-5/h4H,2-3,5-7H2,1H3;5H,2-4H2,1H3. The van der Waals surface area contributed by atoms with Gasteiger partial charge in [0.2, 0.25) is 0 Å². The molecule has 0 bridgehead atoms. The van der Waals surface area contributed by atoms with E-state index in [2.05, 4.69) is 6.58 Å². The predicted molar refractivity (Wildman–Crippen MR) is 66.9 cm³/mol. The van der Waals surface area contributed by atoms with Crippen LogP contribution < -0.4 is 0 Å². The van der Waals surface area contributed by atoms with Gasteiger partial charge >= 0.3 is 0 Å². The second kappa shape index (κ2) is 11.8. The first-order valence-electron chi connectivity index (χ1n) is 6.17. The minimum absolute atomic E-state index is 0.0359. The third kappa shape index (κ3) is 11.6. The number of ether oxygens (including phenoxy) is 3. The van der Waals surface area contributed by atoms with Gasteiger partial charge in [0, 0.05) is 13.0 Å². The highest BCUT2D eigenvalue weighted by Gasteiger charge is 2.05. The van der Waals surface area contributed by atoms with Crippen molar-refractivity contribution in [2.24, 2.45) is 0 Å². The van der Waals surface area contributed by atoms with E-state index in [1.807, 2.05) is 13.8 Å². The molecule has 1 aliphatic heterocycles. The quantitative estimate of drug-likeness (QED) is 0.531. The molecule has 4 heteroatoms. The molecule has 4 nitrogen and oxygen atoms in total. The Morgan fingerprint density at radius 3 is 2.47 bits per heavy atom. The molecule has 0 N–H and O–H groups in total. The van der Waals surface area contributed by atoms with E-state index in [-0.39, 0.29) is 12.1 Å². The highest BCUT2D eigenvalue weighted by Crippen LogP contribution is 2.01. The maximum atomic E-state index is 10.6. The fourth-order valence-corrected chi connectivity index (χ4v) is 1.13. The van der Waals surface area contributed by atoms with Crippen LogP contribution in [-0.4, -0.2) is 38.5 Å². The minimum atomic E-state index is 0.0359. The lowest BCUT2D eigenvalue weighted by Gasteiger charge is -2.18. The van der Waals surface area contributed by atoms with Crippen LogP contribution in [0, 0.1) is 0 Å². The van der Waals surface area contributed by atoms with Gasteiger partial charge in [-0.25, -0.2) is 0 Å². The molecule has 0 atom stereocenters. The Morgan fingerprint density at radius 2 is 2.06 bits per heavy atom. The number of ketones is 1. The van der Waals surface area contributed by atoms with E-state index in [0.29, 0.717) is 13.0 Å². The van der Waals surface area contributed by atoms with Crippen LogP contribution >= 0.6 is 0 Å². The largest absolute Gasteiger partial charge is 0.381 e. The van der Waals surface area contributed by atoms with Crippen molar-refractivity contribution in [2.75, 3.05) is 26.4 Å². The van der Waals surface area contributed by atoms with Crippen molar-refractivity contribution < 1.29 is 19.0 Å². The van der Waals surface area contributed by atoms with E-state index >= 15 is 0 Å². The predicted octanol–water partition coefficient (Wildman–Crippen LogP) is 2.33. The third-order valence-electron chi connectivity index (χ3n) is 2.06. The topological polar surface area (TPSA) is 44.8 Å². The number of carbonyl (C=O) groups is 1. The van der Waals surface area contributed by atoms with Gasteiger partial charge in [-0.15, -0.1) is 0 Å². The van der Waals surface area contributed by atoms with Crippen LogP contribution in [0.15, 0.2) is 12.7 Å². The lowest BCUT2D eigenvalue weighted by Crippen LogP contribution is -2.21. The van der Waals surface area contributed by atoms with Crippen molar-refractivity contribution in [3.63, 3.8) is 0 Å². The maximum absolute atomic E-state index is 10.6. The molecule has 1 aliphatic rings. The zero-order chi connectivity index (χ0) is 12.9. The summed E-state index contributed by atoms with van der Waals surface area (Å²) in [5.74, 6) is 0.0519. The molecule has 0 radical (unpaired) electrons. The minimum Gasteiger partial charge on any atom is -0.381 e. The highest BCUT2D eigenvalue weighted by atomic mass is 16.7. The van der Waals surface area contributed by atoms with E-state index in [1.165, 1.54) is 6.08 Å². The van der Waals surface area contributed by atoms with Crippen molar-refractivity contribution in [2.45, 2.75) is 39.4 Å². The fraction of sp³-hybridized carbons (Fsp3) is 0.769. The molecule has 0 aromatic carbocycles. The molecule has 0 aromatic heterocycles. The molecule has 0 saturated carbocycles. The van der Waals surface area contributed by atoms with Gasteiger partial charge in [0.25, 0.3) is 0 Å². The molecule has 0 amide bonds. The third-order valence-corrected chi connectivity index (χ3v) is 2.06. The monoisotopic (exact) mass is 244 g/mol. The van der Waals surface area contributed by atoms with E-state index in [4.69, 9.17) is 14.2 Å². The van der Waals surface area contributed by atoms with E-state index < -0.39 is 0 Å². The zero-order valence-electron chi connectivity index (χ0n) is 10.9. The lowest BCUT2D eigenvalue weighted by atomic mass is 10.3. The Hall–Kier alpha value is -0.710. The Morgan fingerprint density at radius 1 is 1.41 bits per heavy atom. The number of carbonyl (C=O) groups excluding carboxylic acids is 1.